The Balaban J connectivity index is 1.90. The average molecular weight is 268 g/mol. The number of carbonyl (C=O) groups is 1. The summed E-state index contributed by atoms with van der Waals surface area (Å²) in [5.41, 5.74) is 3.04. The van der Waals surface area contributed by atoms with Crippen molar-refractivity contribution in [1.82, 2.24) is 5.43 Å². The van der Waals surface area contributed by atoms with E-state index >= 15 is 0 Å². The standard InChI is InChI=1S/C13H20N2O2S/c1-9-3-2-4-11(7-9)18-8-10-5-6-17-12(10)13(16)15-14/h5-6,9,11H,2-4,7-8,14H2,1H3,(H,15,16). The maximum atomic E-state index is 11.5. The first-order valence-corrected chi connectivity index (χ1v) is 7.44. The number of nitrogen functional groups attached to an aromatic ring is 1. The van der Waals surface area contributed by atoms with Crippen LogP contribution in [0.2, 0.25) is 0 Å². The van der Waals surface area contributed by atoms with Gasteiger partial charge in [0.2, 0.25) is 0 Å². The normalized spacial score (nSPS) is 23.9. The predicted molar refractivity (Wildman–Crippen MR) is 73.1 cm³/mol. The summed E-state index contributed by atoms with van der Waals surface area (Å²) >= 11 is 1.92. The van der Waals surface area contributed by atoms with E-state index in [4.69, 9.17) is 10.3 Å². The van der Waals surface area contributed by atoms with Crippen LogP contribution in [0.4, 0.5) is 0 Å². The maximum Gasteiger partial charge on any atom is 0.301 e. The molecule has 2 rings (SSSR count). The minimum atomic E-state index is -0.354. The van der Waals surface area contributed by atoms with Crippen LogP contribution in [0.5, 0.6) is 0 Å². The zero-order valence-electron chi connectivity index (χ0n) is 10.6. The Morgan fingerprint density at radius 3 is 3.17 bits per heavy atom. The number of nitrogens with two attached hydrogens (primary N) is 1. The SMILES string of the molecule is CC1CCCC(SCc2ccoc2C(=O)NN)C1. The maximum absolute atomic E-state index is 11.5. The minimum absolute atomic E-state index is 0.342. The van der Waals surface area contributed by atoms with Crippen molar-refractivity contribution < 1.29 is 9.21 Å². The molecule has 0 bridgehead atoms. The van der Waals surface area contributed by atoms with Crippen LogP contribution in [0.3, 0.4) is 0 Å². The van der Waals surface area contributed by atoms with E-state index in [0.29, 0.717) is 11.0 Å². The third-order valence-electron chi connectivity index (χ3n) is 3.45. The fourth-order valence-corrected chi connectivity index (χ4v) is 3.89. The number of nitrogens with one attached hydrogen (secondary N) is 1. The fourth-order valence-electron chi connectivity index (χ4n) is 2.45. The van der Waals surface area contributed by atoms with E-state index in [1.54, 1.807) is 6.26 Å². The molecule has 1 aliphatic carbocycles. The topological polar surface area (TPSA) is 68.3 Å². The summed E-state index contributed by atoms with van der Waals surface area (Å²) in [5.74, 6) is 6.75. The van der Waals surface area contributed by atoms with Crippen LogP contribution >= 0.6 is 11.8 Å². The number of hydrogen-bond acceptors (Lipinski definition) is 4. The Kier molecular flexibility index (Phi) is 4.72. The van der Waals surface area contributed by atoms with Gasteiger partial charge in [-0.25, -0.2) is 5.84 Å². The highest BCUT2D eigenvalue weighted by Gasteiger charge is 2.21. The smallest absolute Gasteiger partial charge is 0.301 e. The van der Waals surface area contributed by atoms with E-state index in [0.717, 1.165) is 17.2 Å². The lowest BCUT2D eigenvalue weighted by Crippen LogP contribution is -2.30. The van der Waals surface area contributed by atoms with Gasteiger partial charge < -0.3 is 4.42 Å². The lowest BCUT2D eigenvalue weighted by molar-refractivity contribution is 0.0925. The summed E-state index contributed by atoms with van der Waals surface area (Å²) in [5, 5.41) is 0.706. The molecule has 1 aromatic rings. The van der Waals surface area contributed by atoms with Crippen molar-refractivity contribution in [2.45, 2.75) is 43.6 Å². The zero-order chi connectivity index (χ0) is 13.0. The molecule has 0 radical (unpaired) electrons. The van der Waals surface area contributed by atoms with Crippen molar-refractivity contribution in [2.75, 3.05) is 0 Å². The first-order valence-electron chi connectivity index (χ1n) is 6.39. The molecule has 100 valence electrons. The molecule has 1 amide bonds. The summed E-state index contributed by atoms with van der Waals surface area (Å²) in [6.45, 7) is 2.32. The third-order valence-corrected chi connectivity index (χ3v) is 4.82. The second kappa shape index (κ2) is 6.29. The molecule has 0 aliphatic heterocycles. The quantitative estimate of drug-likeness (QED) is 0.500. The van der Waals surface area contributed by atoms with Crippen LogP contribution < -0.4 is 11.3 Å². The number of amides is 1. The third kappa shape index (κ3) is 3.29. The first kappa shape index (κ1) is 13.5. The Bertz CT molecular complexity index is 405. The van der Waals surface area contributed by atoms with Crippen molar-refractivity contribution in [3.8, 4) is 0 Å². The molecule has 0 saturated heterocycles. The van der Waals surface area contributed by atoms with Gasteiger partial charge in [0, 0.05) is 16.6 Å². The number of carbonyl (C=O) groups excluding carboxylic acids is 1. The van der Waals surface area contributed by atoms with Crippen molar-refractivity contribution >= 4 is 17.7 Å². The Labute approximate surface area is 112 Å². The summed E-state index contributed by atoms with van der Waals surface area (Å²) < 4.78 is 5.17. The number of hydrogen-bond donors (Lipinski definition) is 2. The fraction of sp³-hybridized carbons (Fsp3) is 0.615. The molecule has 1 heterocycles. The van der Waals surface area contributed by atoms with Gasteiger partial charge in [-0.1, -0.05) is 19.8 Å². The van der Waals surface area contributed by atoms with Gasteiger partial charge in [-0.05, 0) is 24.8 Å². The van der Waals surface area contributed by atoms with E-state index in [1.807, 2.05) is 17.8 Å². The number of rotatable bonds is 4. The highest BCUT2D eigenvalue weighted by molar-refractivity contribution is 7.99. The molecule has 0 aromatic carbocycles. The van der Waals surface area contributed by atoms with Gasteiger partial charge in [-0.15, -0.1) is 0 Å². The van der Waals surface area contributed by atoms with E-state index in [1.165, 1.54) is 25.7 Å². The molecule has 1 fully saturated rings. The Morgan fingerprint density at radius 1 is 1.61 bits per heavy atom. The lowest BCUT2D eigenvalue weighted by Gasteiger charge is -2.26. The molecule has 1 aliphatic rings. The van der Waals surface area contributed by atoms with Crippen LogP contribution in [0.25, 0.3) is 0 Å². The van der Waals surface area contributed by atoms with Crippen LogP contribution in [0, 0.1) is 5.92 Å². The summed E-state index contributed by atoms with van der Waals surface area (Å²) in [7, 11) is 0. The largest absolute Gasteiger partial charge is 0.459 e. The second-order valence-electron chi connectivity index (χ2n) is 4.95. The Morgan fingerprint density at radius 2 is 2.44 bits per heavy atom. The van der Waals surface area contributed by atoms with E-state index in [-0.39, 0.29) is 5.91 Å². The molecular formula is C13H20N2O2S. The number of furan rings is 1. The molecule has 5 heteroatoms. The van der Waals surface area contributed by atoms with Crippen molar-refractivity contribution in [3.05, 3.63) is 23.7 Å². The highest BCUT2D eigenvalue weighted by atomic mass is 32.2. The molecule has 1 aromatic heterocycles. The van der Waals surface area contributed by atoms with Crippen LogP contribution in [0.15, 0.2) is 16.7 Å². The molecule has 0 spiro atoms. The van der Waals surface area contributed by atoms with Gasteiger partial charge in [-0.2, -0.15) is 11.8 Å². The van der Waals surface area contributed by atoms with Crippen molar-refractivity contribution in [1.29, 1.82) is 0 Å². The van der Waals surface area contributed by atoms with Gasteiger partial charge in [0.15, 0.2) is 5.76 Å². The second-order valence-corrected chi connectivity index (χ2v) is 6.24. The van der Waals surface area contributed by atoms with Gasteiger partial charge in [0.25, 0.3) is 0 Å². The lowest BCUT2D eigenvalue weighted by atomic mass is 9.91. The molecule has 3 N–H and O–H groups in total. The summed E-state index contributed by atoms with van der Waals surface area (Å²) in [6, 6.07) is 1.85. The van der Waals surface area contributed by atoms with E-state index in [2.05, 4.69) is 12.3 Å². The van der Waals surface area contributed by atoms with Crippen LogP contribution in [0.1, 0.15) is 48.7 Å². The summed E-state index contributed by atoms with van der Waals surface area (Å²) in [6.07, 6.45) is 6.78. The van der Waals surface area contributed by atoms with E-state index < -0.39 is 0 Å². The van der Waals surface area contributed by atoms with Gasteiger partial charge in [0.1, 0.15) is 0 Å². The average Bonchev–Trinajstić information content (AvgIpc) is 2.84. The molecule has 2 unspecified atom stereocenters. The minimum Gasteiger partial charge on any atom is -0.459 e. The molecule has 18 heavy (non-hydrogen) atoms. The van der Waals surface area contributed by atoms with Crippen molar-refractivity contribution in [2.24, 2.45) is 11.8 Å². The number of hydrazine groups is 1. The zero-order valence-corrected chi connectivity index (χ0v) is 11.5. The van der Waals surface area contributed by atoms with Crippen LogP contribution in [-0.2, 0) is 5.75 Å². The highest BCUT2D eigenvalue weighted by Crippen LogP contribution is 2.34. The Hall–Kier alpha value is -0.940. The van der Waals surface area contributed by atoms with Gasteiger partial charge >= 0.3 is 5.91 Å². The van der Waals surface area contributed by atoms with E-state index in [9.17, 15) is 4.79 Å². The predicted octanol–water partition coefficient (Wildman–Crippen LogP) is 2.70. The van der Waals surface area contributed by atoms with Gasteiger partial charge in [0.05, 0.1) is 6.26 Å². The molecule has 2 atom stereocenters. The van der Waals surface area contributed by atoms with Crippen molar-refractivity contribution in [3.63, 3.8) is 0 Å². The molecule has 4 nitrogen and oxygen atoms in total. The monoisotopic (exact) mass is 268 g/mol. The number of thioether (sulfide) groups is 1. The molecular weight excluding hydrogens is 248 g/mol. The summed E-state index contributed by atoms with van der Waals surface area (Å²) in [4.78, 5) is 11.5. The van der Waals surface area contributed by atoms with Crippen LogP contribution in [-0.4, -0.2) is 11.2 Å². The molecule has 1 saturated carbocycles. The first-order chi connectivity index (χ1) is 8.70. The van der Waals surface area contributed by atoms with Gasteiger partial charge in [-0.3, -0.25) is 10.2 Å².